The molecule has 1 rings (SSSR count). The van der Waals surface area contributed by atoms with Gasteiger partial charge in [0, 0.05) is 6.54 Å². The average molecular weight is 191 g/mol. The lowest BCUT2D eigenvalue weighted by atomic mass is 10.3. The van der Waals surface area contributed by atoms with Crippen LogP contribution in [0.5, 0.6) is 0 Å². The number of allylic oxidation sites excluding steroid dienone is 3. The molecule has 3 heteroatoms. The number of aryl methyl sites for hydroxylation is 2. The van der Waals surface area contributed by atoms with Gasteiger partial charge in [-0.3, -0.25) is 4.68 Å². The van der Waals surface area contributed by atoms with Crippen LogP contribution in [0.4, 0.5) is 5.69 Å². The first-order chi connectivity index (χ1) is 6.66. The van der Waals surface area contributed by atoms with Gasteiger partial charge in [0.1, 0.15) is 0 Å². The summed E-state index contributed by atoms with van der Waals surface area (Å²) in [6, 6.07) is 0. The van der Waals surface area contributed by atoms with E-state index in [1.807, 2.05) is 24.6 Å². The molecule has 0 amide bonds. The Kier molecular flexibility index (Phi) is 3.51. The van der Waals surface area contributed by atoms with Crippen molar-refractivity contribution >= 4 is 5.69 Å². The zero-order chi connectivity index (χ0) is 10.6. The van der Waals surface area contributed by atoms with Crippen molar-refractivity contribution in [3.8, 4) is 0 Å². The molecule has 0 fully saturated rings. The second kappa shape index (κ2) is 4.65. The standard InChI is InChI=1S/C11H17N3/c1-4-5-6-7-8-14-10(3)11(12)9(2)13-14/h4-6H,1,7-8,12H2,2-3H3/b6-5+. The third-order valence-electron chi connectivity index (χ3n) is 2.22. The van der Waals surface area contributed by atoms with Gasteiger partial charge in [-0.25, -0.2) is 0 Å². The third kappa shape index (κ3) is 2.25. The fourth-order valence-corrected chi connectivity index (χ4v) is 1.32. The summed E-state index contributed by atoms with van der Waals surface area (Å²) in [5, 5.41) is 4.34. The monoisotopic (exact) mass is 191 g/mol. The highest BCUT2D eigenvalue weighted by molar-refractivity contribution is 5.46. The lowest BCUT2D eigenvalue weighted by Crippen LogP contribution is -2.02. The van der Waals surface area contributed by atoms with Crippen LogP contribution >= 0.6 is 0 Å². The van der Waals surface area contributed by atoms with E-state index in [1.54, 1.807) is 6.08 Å². The van der Waals surface area contributed by atoms with Gasteiger partial charge in [-0.15, -0.1) is 0 Å². The quantitative estimate of drug-likeness (QED) is 0.741. The maximum atomic E-state index is 5.82. The van der Waals surface area contributed by atoms with Crippen LogP contribution in [0.2, 0.25) is 0 Å². The van der Waals surface area contributed by atoms with Crippen LogP contribution in [0.3, 0.4) is 0 Å². The molecule has 14 heavy (non-hydrogen) atoms. The van der Waals surface area contributed by atoms with Crippen LogP contribution in [-0.4, -0.2) is 9.78 Å². The normalized spacial score (nSPS) is 11.0. The smallest absolute Gasteiger partial charge is 0.0825 e. The summed E-state index contributed by atoms with van der Waals surface area (Å²) in [7, 11) is 0. The number of nitrogen functional groups attached to an aromatic ring is 1. The van der Waals surface area contributed by atoms with Gasteiger partial charge in [0.15, 0.2) is 0 Å². The average Bonchev–Trinajstić information content (AvgIpc) is 2.41. The van der Waals surface area contributed by atoms with E-state index in [9.17, 15) is 0 Å². The molecule has 0 unspecified atom stereocenters. The molecule has 1 aromatic rings. The molecule has 0 saturated heterocycles. The largest absolute Gasteiger partial charge is 0.396 e. The Hall–Kier alpha value is -1.51. The first kappa shape index (κ1) is 10.6. The van der Waals surface area contributed by atoms with E-state index in [-0.39, 0.29) is 0 Å². The van der Waals surface area contributed by atoms with Crippen molar-refractivity contribution in [3.63, 3.8) is 0 Å². The van der Waals surface area contributed by atoms with E-state index >= 15 is 0 Å². The van der Waals surface area contributed by atoms with Crippen molar-refractivity contribution in [2.75, 3.05) is 5.73 Å². The highest BCUT2D eigenvalue weighted by Crippen LogP contribution is 2.14. The predicted molar refractivity (Wildman–Crippen MR) is 60.1 cm³/mol. The summed E-state index contributed by atoms with van der Waals surface area (Å²) < 4.78 is 1.94. The van der Waals surface area contributed by atoms with E-state index < -0.39 is 0 Å². The Morgan fingerprint density at radius 3 is 2.71 bits per heavy atom. The van der Waals surface area contributed by atoms with Gasteiger partial charge in [-0.1, -0.05) is 24.8 Å². The van der Waals surface area contributed by atoms with Gasteiger partial charge in [-0.05, 0) is 20.3 Å². The van der Waals surface area contributed by atoms with Crippen molar-refractivity contribution < 1.29 is 0 Å². The molecule has 0 radical (unpaired) electrons. The van der Waals surface area contributed by atoms with Crippen molar-refractivity contribution in [1.29, 1.82) is 0 Å². The van der Waals surface area contributed by atoms with Crippen molar-refractivity contribution in [2.45, 2.75) is 26.8 Å². The molecule has 0 aliphatic heterocycles. The number of hydrogen-bond acceptors (Lipinski definition) is 2. The molecule has 0 aromatic carbocycles. The van der Waals surface area contributed by atoms with Crippen LogP contribution in [0, 0.1) is 13.8 Å². The van der Waals surface area contributed by atoms with E-state index in [1.165, 1.54) is 0 Å². The molecule has 76 valence electrons. The summed E-state index contributed by atoms with van der Waals surface area (Å²) in [5.41, 5.74) is 8.58. The van der Waals surface area contributed by atoms with Crippen molar-refractivity contribution in [1.82, 2.24) is 9.78 Å². The molecule has 2 N–H and O–H groups in total. The van der Waals surface area contributed by atoms with E-state index in [4.69, 9.17) is 5.73 Å². The summed E-state index contributed by atoms with van der Waals surface area (Å²) in [4.78, 5) is 0. The van der Waals surface area contributed by atoms with Gasteiger partial charge in [-0.2, -0.15) is 5.10 Å². The van der Waals surface area contributed by atoms with Crippen LogP contribution in [0.1, 0.15) is 17.8 Å². The van der Waals surface area contributed by atoms with Gasteiger partial charge >= 0.3 is 0 Å². The SMILES string of the molecule is C=C/C=C/CCn1nc(C)c(N)c1C. The Morgan fingerprint density at radius 2 is 2.21 bits per heavy atom. The third-order valence-corrected chi connectivity index (χ3v) is 2.22. The topological polar surface area (TPSA) is 43.8 Å². The van der Waals surface area contributed by atoms with Crippen molar-refractivity contribution in [2.24, 2.45) is 0 Å². The lowest BCUT2D eigenvalue weighted by molar-refractivity contribution is 0.602. The summed E-state index contributed by atoms with van der Waals surface area (Å²) in [6.45, 7) is 8.40. The first-order valence-corrected chi connectivity index (χ1v) is 4.74. The van der Waals surface area contributed by atoms with E-state index in [0.29, 0.717) is 0 Å². The molecule has 0 saturated carbocycles. The fraction of sp³-hybridized carbons (Fsp3) is 0.364. The van der Waals surface area contributed by atoms with Crippen LogP contribution in [-0.2, 0) is 6.54 Å². The van der Waals surface area contributed by atoms with E-state index in [0.717, 1.165) is 30.0 Å². The minimum Gasteiger partial charge on any atom is -0.396 e. The summed E-state index contributed by atoms with van der Waals surface area (Å²) in [5.74, 6) is 0. The number of rotatable bonds is 4. The van der Waals surface area contributed by atoms with Crippen LogP contribution in [0.25, 0.3) is 0 Å². The molecule has 0 aliphatic rings. The lowest BCUT2D eigenvalue weighted by Gasteiger charge is -2.00. The minimum absolute atomic E-state index is 0.803. The number of anilines is 1. The first-order valence-electron chi connectivity index (χ1n) is 4.74. The molecule has 0 bridgehead atoms. The number of nitrogens with zero attached hydrogens (tertiary/aromatic N) is 2. The second-order valence-electron chi connectivity index (χ2n) is 3.26. The fourth-order valence-electron chi connectivity index (χ4n) is 1.32. The minimum atomic E-state index is 0.803. The molecule has 3 nitrogen and oxygen atoms in total. The zero-order valence-corrected chi connectivity index (χ0v) is 8.83. The maximum absolute atomic E-state index is 5.82. The highest BCUT2D eigenvalue weighted by Gasteiger charge is 2.06. The zero-order valence-electron chi connectivity index (χ0n) is 8.83. The van der Waals surface area contributed by atoms with Gasteiger partial charge in [0.05, 0.1) is 17.1 Å². The Labute approximate surface area is 84.9 Å². The summed E-state index contributed by atoms with van der Waals surface area (Å²) >= 11 is 0. The van der Waals surface area contributed by atoms with Crippen LogP contribution in [0.15, 0.2) is 24.8 Å². The molecular weight excluding hydrogens is 174 g/mol. The van der Waals surface area contributed by atoms with Gasteiger partial charge in [0.25, 0.3) is 0 Å². The number of hydrogen-bond donors (Lipinski definition) is 1. The molecular formula is C11H17N3. The van der Waals surface area contributed by atoms with Crippen molar-refractivity contribution in [3.05, 3.63) is 36.2 Å². The van der Waals surface area contributed by atoms with Gasteiger partial charge in [0.2, 0.25) is 0 Å². The van der Waals surface area contributed by atoms with Crippen LogP contribution < -0.4 is 5.73 Å². The molecule has 1 heterocycles. The number of nitrogens with two attached hydrogens (primary N) is 1. The number of aromatic nitrogens is 2. The molecule has 0 atom stereocenters. The second-order valence-corrected chi connectivity index (χ2v) is 3.26. The Balaban J connectivity index is 2.63. The highest BCUT2D eigenvalue weighted by atomic mass is 15.3. The Morgan fingerprint density at radius 1 is 1.50 bits per heavy atom. The molecule has 0 aliphatic carbocycles. The summed E-state index contributed by atoms with van der Waals surface area (Å²) in [6.07, 6.45) is 6.73. The maximum Gasteiger partial charge on any atom is 0.0825 e. The molecule has 0 spiro atoms. The Bertz CT molecular complexity index is 348. The molecule has 1 aromatic heterocycles. The van der Waals surface area contributed by atoms with Gasteiger partial charge < -0.3 is 5.73 Å². The van der Waals surface area contributed by atoms with E-state index in [2.05, 4.69) is 17.8 Å². The predicted octanol–water partition coefficient (Wildman–Crippen LogP) is 2.21.